The van der Waals surface area contributed by atoms with Gasteiger partial charge in [-0.3, -0.25) is 4.79 Å². The van der Waals surface area contributed by atoms with Crippen molar-refractivity contribution in [2.75, 3.05) is 24.7 Å². The molecule has 1 heterocycles. The molecule has 19 heavy (non-hydrogen) atoms. The Balaban J connectivity index is 3.05. The van der Waals surface area contributed by atoms with Crippen LogP contribution in [-0.4, -0.2) is 38.7 Å². The topological polar surface area (TPSA) is 128 Å². The van der Waals surface area contributed by atoms with E-state index in [2.05, 4.69) is 10.3 Å². The minimum atomic E-state index is -3.41. The second-order valence-corrected chi connectivity index (χ2v) is 6.15. The van der Waals surface area contributed by atoms with Crippen molar-refractivity contribution < 1.29 is 13.2 Å². The van der Waals surface area contributed by atoms with Gasteiger partial charge in [0, 0.05) is 6.26 Å². The Hall–Kier alpha value is -1.67. The molecule has 0 spiro atoms. The first-order chi connectivity index (χ1) is 8.82. The highest BCUT2D eigenvalue weighted by Crippen LogP contribution is 2.15. The van der Waals surface area contributed by atoms with Gasteiger partial charge in [0.2, 0.25) is 5.91 Å². The number of nitrogens with one attached hydrogen (secondary N) is 1. The number of aryl methyl sites for hydroxylation is 1. The van der Waals surface area contributed by atoms with Crippen LogP contribution in [0.1, 0.15) is 12.0 Å². The Labute approximate surface area is 112 Å². The monoisotopic (exact) mass is 286 g/mol. The quantitative estimate of drug-likeness (QED) is 0.606. The van der Waals surface area contributed by atoms with Crippen molar-refractivity contribution >= 4 is 21.6 Å². The van der Waals surface area contributed by atoms with Crippen LogP contribution in [0.4, 0.5) is 5.82 Å². The molecule has 0 unspecified atom stereocenters. The predicted molar refractivity (Wildman–Crippen MR) is 72.4 cm³/mol. The van der Waals surface area contributed by atoms with E-state index in [1.54, 1.807) is 6.07 Å². The number of hydrogen-bond acceptors (Lipinski definition) is 6. The zero-order chi connectivity index (χ0) is 14.5. The summed E-state index contributed by atoms with van der Waals surface area (Å²) in [5.74, 6) is -0.233. The largest absolute Gasteiger partial charge is 0.368 e. The van der Waals surface area contributed by atoms with E-state index in [1.807, 2.05) is 0 Å². The molecule has 0 atom stereocenters. The van der Waals surface area contributed by atoms with Gasteiger partial charge in [0.05, 0.1) is 6.54 Å². The molecule has 7 nitrogen and oxygen atoms in total. The van der Waals surface area contributed by atoms with E-state index in [0.29, 0.717) is 18.8 Å². The Bertz CT molecular complexity index is 557. The Morgan fingerprint density at radius 3 is 2.63 bits per heavy atom. The average molecular weight is 286 g/mol. The lowest BCUT2D eigenvalue weighted by Crippen LogP contribution is -2.22. The van der Waals surface area contributed by atoms with E-state index in [9.17, 15) is 13.2 Å². The van der Waals surface area contributed by atoms with Gasteiger partial charge in [0.1, 0.15) is 5.82 Å². The number of nitrogens with zero attached hydrogens (tertiary/aromatic N) is 1. The summed E-state index contributed by atoms with van der Waals surface area (Å²) in [7, 11) is -3.41. The summed E-state index contributed by atoms with van der Waals surface area (Å²) in [6, 6.07) is 3.20. The lowest BCUT2D eigenvalue weighted by atomic mass is 10.1. The number of rotatable bonds is 7. The highest BCUT2D eigenvalue weighted by molar-refractivity contribution is 7.90. The molecule has 0 saturated heterocycles. The fraction of sp³-hybridized carbons (Fsp3) is 0.455. The van der Waals surface area contributed by atoms with Crippen LogP contribution in [0.25, 0.3) is 0 Å². The van der Waals surface area contributed by atoms with E-state index in [4.69, 9.17) is 11.5 Å². The van der Waals surface area contributed by atoms with E-state index in [1.165, 1.54) is 6.07 Å². The molecule has 0 saturated carbocycles. The van der Waals surface area contributed by atoms with Gasteiger partial charge in [-0.05, 0) is 37.1 Å². The SMILES string of the molecule is CS(=O)(=O)c1cc(CCCN)cc(NCC(N)=O)n1. The number of carbonyl (C=O) groups is 1. The third-order valence-corrected chi connectivity index (χ3v) is 3.32. The summed E-state index contributed by atoms with van der Waals surface area (Å²) in [6.45, 7) is 0.414. The van der Waals surface area contributed by atoms with Crippen LogP contribution in [0.2, 0.25) is 0 Å². The summed E-state index contributed by atoms with van der Waals surface area (Å²) in [5, 5.41) is 2.66. The Morgan fingerprint density at radius 2 is 2.11 bits per heavy atom. The molecule has 0 aliphatic heterocycles. The summed E-state index contributed by atoms with van der Waals surface area (Å²) < 4.78 is 23.1. The van der Waals surface area contributed by atoms with E-state index >= 15 is 0 Å². The standard InChI is InChI=1S/C11H18N4O3S/c1-19(17,18)11-6-8(3-2-4-12)5-10(15-11)14-7-9(13)16/h5-6H,2-4,7,12H2,1H3,(H2,13,16)(H,14,15). The normalized spacial score (nSPS) is 11.3. The molecule has 0 fully saturated rings. The van der Waals surface area contributed by atoms with Crippen molar-refractivity contribution in [2.45, 2.75) is 17.9 Å². The first-order valence-corrected chi connectivity index (χ1v) is 7.65. The molecule has 0 aliphatic carbocycles. The maximum absolute atomic E-state index is 11.5. The molecule has 0 bridgehead atoms. The first kappa shape index (κ1) is 15.4. The number of sulfone groups is 1. The van der Waals surface area contributed by atoms with E-state index in [0.717, 1.165) is 18.2 Å². The number of anilines is 1. The van der Waals surface area contributed by atoms with Crippen molar-refractivity contribution in [3.8, 4) is 0 Å². The second-order valence-electron chi connectivity index (χ2n) is 4.18. The fourth-order valence-corrected chi connectivity index (χ4v) is 2.10. The Kier molecular flexibility index (Phi) is 5.25. The fourth-order valence-electron chi connectivity index (χ4n) is 1.47. The molecule has 1 aromatic rings. The first-order valence-electron chi connectivity index (χ1n) is 5.76. The summed E-state index contributed by atoms with van der Waals surface area (Å²) in [5.41, 5.74) is 11.2. The lowest BCUT2D eigenvalue weighted by Gasteiger charge is -2.09. The number of nitrogens with two attached hydrogens (primary N) is 2. The second kappa shape index (κ2) is 6.48. The minimum absolute atomic E-state index is 0.0333. The van der Waals surface area contributed by atoms with Crippen LogP contribution in [0.15, 0.2) is 17.2 Å². The lowest BCUT2D eigenvalue weighted by molar-refractivity contribution is -0.116. The molecule has 1 amide bonds. The molecule has 106 valence electrons. The smallest absolute Gasteiger partial charge is 0.236 e. The summed E-state index contributed by atoms with van der Waals surface area (Å²) in [4.78, 5) is 14.7. The van der Waals surface area contributed by atoms with Crippen LogP contribution in [-0.2, 0) is 21.1 Å². The predicted octanol–water partition coefficient (Wildman–Crippen LogP) is -0.726. The van der Waals surface area contributed by atoms with Gasteiger partial charge < -0.3 is 16.8 Å². The molecule has 8 heteroatoms. The van der Waals surface area contributed by atoms with E-state index < -0.39 is 15.7 Å². The van der Waals surface area contributed by atoms with Gasteiger partial charge in [-0.1, -0.05) is 0 Å². The van der Waals surface area contributed by atoms with Crippen molar-refractivity contribution in [3.05, 3.63) is 17.7 Å². The van der Waals surface area contributed by atoms with Gasteiger partial charge in [0.25, 0.3) is 0 Å². The molecular formula is C11H18N4O3S. The van der Waals surface area contributed by atoms with Gasteiger partial charge >= 0.3 is 0 Å². The van der Waals surface area contributed by atoms with Crippen molar-refractivity contribution in [1.29, 1.82) is 0 Å². The van der Waals surface area contributed by atoms with Gasteiger partial charge in [0.15, 0.2) is 14.9 Å². The van der Waals surface area contributed by atoms with Crippen LogP contribution in [0.5, 0.6) is 0 Å². The third-order valence-electron chi connectivity index (χ3n) is 2.35. The molecule has 0 aliphatic rings. The van der Waals surface area contributed by atoms with Gasteiger partial charge in [-0.2, -0.15) is 0 Å². The molecule has 1 rings (SSSR count). The van der Waals surface area contributed by atoms with Crippen LogP contribution in [0.3, 0.4) is 0 Å². The molecule has 0 aromatic carbocycles. The molecule has 1 aromatic heterocycles. The van der Waals surface area contributed by atoms with Gasteiger partial charge in [-0.15, -0.1) is 0 Å². The maximum atomic E-state index is 11.5. The minimum Gasteiger partial charge on any atom is -0.368 e. The summed E-state index contributed by atoms with van der Waals surface area (Å²) >= 11 is 0. The number of primary amides is 1. The maximum Gasteiger partial charge on any atom is 0.236 e. The third kappa shape index (κ3) is 5.23. The van der Waals surface area contributed by atoms with Crippen LogP contribution >= 0.6 is 0 Å². The van der Waals surface area contributed by atoms with Gasteiger partial charge in [-0.25, -0.2) is 13.4 Å². The van der Waals surface area contributed by atoms with Crippen molar-refractivity contribution in [1.82, 2.24) is 4.98 Å². The highest BCUT2D eigenvalue weighted by Gasteiger charge is 2.12. The van der Waals surface area contributed by atoms with E-state index in [-0.39, 0.29) is 11.6 Å². The zero-order valence-corrected chi connectivity index (χ0v) is 11.5. The van der Waals surface area contributed by atoms with Crippen molar-refractivity contribution in [3.63, 3.8) is 0 Å². The molecule has 0 radical (unpaired) electrons. The number of amides is 1. The zero-order valence-electron chi connectivity index (χ0n) is 10.7. The average Bonchev–Trinajstić information content (AvgIpc) is 2.32. The molecule has 5 N–H and O–H groups in total. The Morgan fingerprint density at radius 1 is 1.42 bits per heavy atom. The molecular weight excluding hydrogens is 268 g/mol. The van der Waals surface area contributed by atoms with Crippen LogP contribution in [0, 0.1) is 0 Å². The number of carbonyl (C=O) groups excluding carboxylic acids is 1. The highest BCUT2D eigenvalue weighted by atomic mass is 32.2. The van der Waals surface area contributed by atoms with Crippen molar-refractivity contribution in [2.24, 2.45) is 11.5 Å². The number of pyridine rings is 1. The van der Waals surface area contributed by atoms with Crippen LogP contribution < -0.4 is 16.8 Å². The summed E-state index contributed by atoms with van der Waals surface area (Å²) in [6.07, 6.45) is 2.47. The number of aromatic nitrogens is 1. The number of hydrogen-bond donors (Lipinski definition) is 3.